The lowest BCUT2D eigenvalue weighted by Crippen LogP contribution is -2.30. The highest BCUT2D eigenvalue weighted by Crippen LogP contribution is 2.73. The van der Waals surface area contributed by atoms with Gasteiger partial charge in [-0.15, -0.1) is 0 Å². The molecule has 3 aromatic rings. The number of carbonyl (C=O) groups excluding carboxylic acids is 2. The van der Waals surface area contributed by atoms with Gasteiger partial charge in [-0.05, 0) is 64.1 Å². The number of rotatable bonds is 2. The second-order valence-electron chi connectivity index (χ2n) is 9.58. The first kappa shape index (κ1) is 17.4. The van der Waals surface area contributed by atoms with E-state index in [1.807, 2.05) is 24.3 Å². The molecule has 4 heteroatoms. The van der Waals surface area contributed by atoms with Gasteiger partial charge in [0.05, 0.1) is 18.1 Å². The summed E-state index contributed by atoms with van der Waals surface area (Å²) in [6, 6.07) is 16.5. The summed E-state index contributed by atoms with van der Waals surface area (Å²) in [6.45, 7) is 2.14. The number of hydrogen-bond acceptors (Lipinski definition) is 3. The Morgan fingerprint density at radius 1 is 0.839 bits per heavy atom. The van der Waals surface area contributed by atoms with Gasteiger partial charge in [0.2, 0.25) is 0 Å². The molecule has 1 spiro atoms. The molecule has 7 rings (SSSR count). The van der Waals surface area contributed by atoms with Crippen LogP contribution in [0.1, 0.15) is 24.0 Å². The number of carbonyl (C=O) groups is 2. The fourth-order valence-electron chi connectivity index (χ4n) is 6.81. The molecule has 2 amide bonds. The van der Waals surface area contributed by atoms with Gasteiger partial charge in [0.15, 0.2) is 0 Å². The number of imide groups is 1. The minimum absolute atomic E-state index is 0.116. The standard InChI is InChI=1S/C27H22N2O2/c1-15-16-6-2-4-8-18(16)20(19-9-5-3-7-17(15)19)14-28-29-25(30)23-21-10-11-22(24(23)26(29)31)27(21)12-13-27/h2-11,14,21-24H,12-13H2,1H3/b28-14-/t21-,22-,23+,24+/m1/s1. The van der Waals surface area contributed by atoms with E-state index in [1.165, 1.54) is 10.6 Å². The average Bonchev–Trinajstić information content (AvgIpc) is 3.40. The van der Waals surface area contributed by atoms with E-state index < -0.39 is 0 Å². The summed E-state index contributed by atoms with van der Waals surface area (Å²) in [7, 11) is 0. The lowest BCUT2D eigenvalue weighted by Gasteiger charge is -2.19. The van der Waals surface area contributed by atoms with Crippen LogP contribution in [0.5, 0.6) is 0 Å². The van der Waals surface area contributed by atoms with E-state index in [1.54, 1.807) is 6.21 Å². The van der Waals surface area contributed by atoms with Crippen molar-refractivity contribution in [3.8, 4) is 0 Å². The summed E-state index contributed by atoms with van der Waals surface area (Å²) < 4.78 is 0. The minimum Gasteiger partial charge on any atom is -0.272 e. The predicted octanol–water partition coefficient (Wildman–Crippen LogP) is 4.83. The Bertz CT molecular complexity index is 1290. The van der Waals surface area contributed by atoms with Gasteiger partial charge in [0.1, 0.15) is 0 Å². The van der Waals surface area contributed by atoms with E-state index in [4.69, 9.17) is 0 Å². The van der Waals surface area contributed by atoms with Crippen molar-refractivity contribution < 1.29 is 9.59 Å². The highest BCUT2D eigenvalue weighted by Gasteiger charge is 2.73. The van der Waals surface area contributed by atoms with E-state index in [-0.39, 0.29) is 40.9 Å². The lowest BCUT2D eigenvalue weighted by atomic mass is 9.85. The number of amides is 2. The Morgan fingerprint density at radius 3 is 1.81 bits per heavy atom. The van der Waals surface area contributed by atoms with Crippen molar-refractivity contribution in [1.29, 1.82) is 0 Å². The van der Waals surface area contributed by atoms with E-state index in [0.29, 0.717) is 0 Å². The number of hydrogen-bond donors (Lipinski definition) is 0. The Hall–Kier alpha value is -3.27. The van der Waals surface area contributed by atoms with Crippen molar-refractivity contribution in [3.63, 3.8) is 0 Å². The molecule has 0 N–H and O–H groups in total. The zero-order valence-corrected chi connectivity index (χ0v) is 17.3. The first-order chi connectivity index (χ1) is 15.1. The molecule has 0 aromatic heterocycles. The Kier molecular flexibility index (Phi) is 3.20. The second kappa shape index (κ2) is 5.70. The van der Waals surface area contributed by atoms with Crippen LogP contribution in [0.3, 0.4) is 0 Å². The van der Waals surface area contributed by atoms with Gasteiger partial charge >= 0.3 is 0 Å². The first-order valence-electron chi connectivity index (χ1n) is 11.1. The highest BCUT2D eigenvalue weighted by atomic mass is 16.2. The lowest BCUT2D eigenvalue weighted by molar-refractivity contribution is -0.141. The monoisotopic (exact) mass is 406 g/mol. The topological polar surface area (TPSA) is 49.7 Å². The van der Waals surface area contributed by atoms with Crippen LogP contribution in [0.2, 0.25) is 0 Å². The summed E-state index contributed by atoms with van der Waals surface area (Å²) in [6.07, 6.45) is 8.40. The zero-order chi connectivity index (χ0) is 20.9. The molecule has 152 valence electrons. The summed E-state index contributed by atoms with van der Waals surface area (Å²) in [5, 5.41) is 10.2. The van der Waals surface area contributed by atoms with Crippen molar-refractivity contribution in [3.05, 3.63) is 71.8 Å². The molecule has 3 aromatic carbocycles. The van der Waals surface area contributed by atoms with Crippen molar-refractivity contribution in [2.75, 3.05) is 0 Å². The van der Waals surface area contributed by atoms with E-state index in [0.717, 1.165) is 39.9 Å². The molecule has 2 bridgehead atoms. The van der Waals surface area contributed by atoms with Crippen LogP contribution in [0.4, 0.5) is 0 Å². The number of hydrazone groups is 1. The minimum atomic E-state index is -0.214. The largest absolute Gasteiger partial charge is 0.272 e. The third-order valence-corrected chi connectivity index (χ3v) is 8.37. The summed E-state index contributed by atoms with van der Waals surface area (Å²) in [5.41, 5.74) is 2.39. The van der Waals surface area contributed by atoms with Gasteiger partial charge in [-0.2, -0.15) is 10.1 Å². The number of aryl methyl sites for hydroxylation is 1. The van der Waals surface area contributed by atoms with Crippen LogP contribution in [0, 0.1) is 36.0 Å². The Balaban J connectivity index is 1.34. The van der Waals surface area contributed by atoms with Crippen LogP contribution in [0.15, 0.2) is 65.8 Å². The smallest absolute Gasteiger partial charge is 0.254 e. The third kappa shape index (κ3) is 2.03. The fourth-order valence-corrected chi connectivity index (χ4v) is 6.81. The molecule has 4 aliphatic rings. The Labute approximate surface area is 180 Å². The SMILES string of the molecule is Cc1c2ccccc2c(/C=N\N2C(=O)[C@@H]3[C@@H](C2=O)[C@H]2C=C[C@H]3C23CC3)c2ccccc12. The Morgan fingerprint density at radius 2 is 1.32 bits per heavy atom. The molecule has 2 saturated carbocycles. The van der Waals surface area contributed by atoms with E-state index in [9.17, 15) is 9.59 Å². The van der Waals surface area contributed by atoms with E-state index in [2.05, 4.69) is 48.4 Å². The molecular weight excluding hydrogens is 384 g/mol. The van der Waals surface area contributed by atoms with Crippen molar-refractivity contribution in [2.24, 2.45) is 34.2 Å². The van der Waals surface area contributed by atoms with E-state index >= 15 is 0 Å². The first-order valence-corrected chi connectivity index (χ1v) is 11.1. The van der Waals surface area contributed by atoms with Gasteiger partial charge in [0.25, 0.3) is 11.8 Å². The molecule has 1 heterocycles. The van der Waals surface area contributed by atoms with Crippen molar-refractivity contribution in [1.82, 2.24) is 5.01 Å². The molecule has 3 aliphatic carbocycles. The number of allylic oxidation sites excluding steroid dienone is 2. The number of nitrogens with zero attached hydrogens (tertiary/aromatic N) is 2. The molecule has 1 saturated heterocycles. The van der Waals surface area contributed by atoms with Crippen molar-refractivity contribution >= 4 is 39.6 Å². The molecule has 1 aliphatic heterocycles. The average molecular weight is 406 g/mol. The molecule has 0 unspecified atom stereocenters. The van der Waals surface area contributed by atoms with Crippen LogP contribution in [0.25, 0.3) is 21.5 Å². The maximum Gasteiger partial charge on any atom is 0.254 e. The maximum absolute atomic E-state index is 13.3. The highest BCUT2D eigenvalue weighted by molar-refractivity contribution is 6.16. The van der Waals surface area contributed by atoms with Gasteiger partial charge in [-0.1, -0.05) is 60.7 Å². The van der Waals surface area contributed by atoms with Gasteiger partial charge in [0, 0.05) is 5.56 Å². The normalized spacial score (nSPS) is 29.9. The van der Waals surface area contributed by atoms with Gasteiger partial charge < -0.3 is 0 Å². The van der Waals surface area contributed by atoms with Crippen LogP contribution in [-0.4, -0.2) is 23.0 Å². The van der Waals surface area contributed by atoms with Gasteiger partial charge in [-0.3, -0.25) is 9.59 Å². The number of benzene rings is 3. The summed E-state index contributed by atoms with van der Waals surface area (Å²) >= 11 is 0. The molecule has 4 nitrogen and oxygen atoms in total. The molecule has 3 fully saturated rings. The van der Waals surface area contributed by atoms with Crippen LogP contribution >= 0.6 is 0 Å². The maximum atomic E-state index is 13.3. The predicted molar refractivity (Wildman–Crippen MR) is 120 cm³/mol. The third-order valence-electron chi connectivity index (χ3n) is 8.37. The molecule has 4 atom stereocenters. The fraction of sp³-hybridized carbons (Fsp3) is 0.296. The summed E-state index contributed by atoms with van der Waals surface area (Å²) in [5.74, 6) is -0.215. The van der Waals surface area contributed by atoms with Crippen molar-refractivity contribution in [2.45, 2.75) is 19.8 Å². The van der Waals surface area contributed by atoms with Crippen LogP contribution in [-0.2, 0) is 9.59 Å². The second-order valence-corrected chi connectivity index (χ2v) is 9.58. The van der Waals surface area contributed by atoms with Gasteiger partial charge in [-0.25, -0.2) is 0 Å². The quantitative estimate of drug-likeness (QED) is 0.265. The molecule has 0 radical (unpaired) electrons. The summed E-state index contributed by atoms with van der Waals surface area (Å²) in [4.78, 5) is 26.5. The van der Waals surface area contributed by atoms with Crippen LogP contribution < -0.4 is 0 Å². The molecular formula is C27H22N2O2. The molecule has 31 heavy (non-hydrogen) atoms. The number of fused-ring (bicyclic) bond motifs is 5. The zero-order valence-electron chi connectivity index (χ0n) is 17.3.